The first-order valence-electron chi connectivity index (χ1n) is 9.71. The van der Waals surface area contributed by atoms with Gasteiger partial charge in [-0.3, -0.25) is 14.7 Å². The maximum Gasteiger partial charge on any atom is 0.221 e. The van der Waals surface area contributed by atoms with Gasteiger partial charge in [-0.2, -0.15) is 0 Å². The number of carbonyl (C=O) groups excluding carboxylic acids is 1. The number of nitrogens with one attached hydrogen (secondary N) is 3. The van der Waals surface area contributed by atoms with Crippen LogP contribution in [-0.4, -0.2) is 62.1 Å². The Hall–Kier alpha value is -1.30. The fraction of sp³-hybridized carbons (Fsp3) is 0.889. The molecule has 138 valence electrons. The molecule has 2 rings (SSSR count). The van der Waals surface area contributed by atoms with Crippen molar-refractivity contribution in [3.05, 3.63) is 0 Å². The quantitative estimate of drug-likeness (QED) is 0.486. The van der Waals surface area contributed by atoms with Gasteiger partial charge in [0, 0.05) is 38.6 Å². The van der Waals surface area contributed by atoms with Gasteiger partial charge in [0.1, 0.15) is 0 Å². The Labute approximate surface area is 146 Å². The van der Waals surface area contributed by atoms with Gasteiger partial charge in [-0.15, -0.1) is 0 Å². The first-order chi connectivity index (χ1) is 11.7. The van der Waals surface area contributed by atoms with Gasteiger partial charge in [-0.25, -0.2) is 0 Å². The average molecular weight is 338 g/mol. The van der Waals surface area contributed by atoms with Gasteiger partial charge < -0.3 is 16.0 Å². The van der Waals surface area contributed by atoms with Crippen molar-refractivity contribution in [2.75, 3.05) is 33.2 Å². The van der Waals surface area contributed by atoms with Crippen molar-refractivity contribution in [3.8, 4) is 0 Å². The molecule has 6 nitrogen and oxygen atoms in total. The average Bonchev–Trinajstić information content (AvgIpc) is 3.06. The van der Waals surface area contributed by atoms with Crippen molar-refractivity contribution in [2.45, 2.75) is 70.4 Å². The van der Waals surface area contributed by atoms with E-state index in [1.54, 1.807) is 7.05 Å². The Morgan fingerprint density at radius 1 is 1.12 bits per heavy atom. The Bertz CT molecular complexity index is 406. The van der Waals surface area contributed by atoms with Crippen LogP contribution in [-0.2, 0) is 4.79 Å². The fourth-order valence-corrected chi connectivity index (χ4v) is 3.82. The summed E-state index contributed by atoms with van der Waals surface area (Å²) in [5.41, 5.74) is 0. The Morgan fingerprint density at radius 3 is 2.62 bits per heavy atom. The highest BCUT2D eigenvalue weighted by Gasteiger charge is 2.22. The highest BCUT2D eigenvalue weighted by molar-refractivity contribution is 5.81. The van der Waals surface area contributed by atoms with E-state index in [0.717, 1.165) is 31.9 Å². The number of likely N-dealkylation sites (N-methyl/N-ethyl adjacent to an activating group) is 1. The van der Waals surface area contributed by atoms with Crippen LogP contribution in [0.25, 0.3) is 0 Å². The van der Waals surface area contributed by atoms with Crippen molar-refractivity contribution in [3.63, 3.8) is 0 Å². The summed E-state index contributed by atoms with van der Waals surface area (Å²) < 4.78 is 0. The number of nitrogens with zero attached hydrogens (tertiary/aromatic N) is 2. The minimum atomic E-state index is 0.151. The Morgan fingerprint density at radius 2 is 1.92 bits per heavy atom. The SMILES string of the molecule is CCN1CCCC1CNC(=NC)NCCC(=O)NC1CCCCC1. The van der Waals surface area contributed by atoms with Gasteiger partial charge in [0.05, 0.1) is 0 Å². The number of rotatable bonds is 7. The molecule has 0 radical (unpaired) electrons. The maximum atomic E-state index is 12.0. The standard InChI is InChI=1S/C18H35N5O/c1-3-23-13-7-10-16(23)14-21-18(19-2)20-12-11-17(24)22-15-8-5-4-6-9-15/h15-16H,3-14H2,1-2H3,(H,22,24)(H2,19,20,21). The van der Waals surface area contributed by atoms with Gasteiger partial charge >= 0.3 is 0 Å². The van der Waals surface area contributed by atoms with Crippen LogP contribution in [0.15, 0.2) is 4.99 Å². The lowest BCUT2D eigenvalue weighted by atomic mass is 9.95. The van der Waals surface area contributed by atoms with Crippen LogP contribution in [0, 0.1) is 0 Å². The molecule has 2 aliphatic rings. The molecule has 0 aromatic heterocycles. The minimum absolute atomic E-state index is 0.151. The zero-order chi connectivity index (χ0) is 17.2. The normalized spacial score (nSPS) is 23.2. The summed E-state index contributed by atoms with van der Waals surface area (Å²) >= 11 is 0. The monoisotopic (exact) mass is 337 g/mol. The third kappa shape index (κ3) is 6.30. The predicted octanol–water partition coefficient (Wildman–Crippen LogP) is 1.47. The first kappa shape index (κ1) is 19.0. The second kappa shape index (κ2) is 10.5. The number of hydrogen-bond acceptors (Lipinski definition) is 3. The van der Waals surface area contributed by atoms with Gasteiger partial charge in [-0.05, 0) is 38.8 Å². The van der Waals surface area contributed by atoms with Gasteiger partial charge in [0.15, 0.2) is 5.96 Å². The van der Waals surface area contributed by atoms with E-state index in [-0.39, 0.29) is 5.91 Å². The van der Waals surface area contributed by atoms with E-state index in [9.17, 15) is 4.79 Å². The predicted molar refractivity (Wildman–Crippen MR) is 99.3 cm³/mol. The van der Waals surface area contributed by atoms with E-state index in [1.165, 1.54) is 38.6 Å². The summed E-state index contributed by atoms with van der Waals surface area (Å²) in [6.07, 6.45) is 9.12. The molecule has 1 aliphatic carbocycles. The first-order valence-corrected chi connectivity index (χ1v) is 9.71. The van der Waals surface area contributed by atoms with Crippen LogP contribution in [0.2, 0.25) is 0 Å². The topological polar surface area (TPSA) is 68.8 Å². The molecule has 1 saturated heterocycles. The molecule has 1 saturated carbocycles. The van der Waals surface area contributed by atoms with Gasteiger partial charge in [0.25, 0.3) is 0 Å². The van der Waals surface area contributed by atoms with E-state index in [0.29, 0.717) is 25.0 Å². The molecule has 0 aromatic rings. The number of hydrogen-bond donors (Lipinski definition) is 3. The molecule has 6 heteroatoms. The molecule has 3 N–H and O–H groups in total. The third-order valence-corrected chi connectivity index (χ3v) is 5.25. The Kier molecular flexibility index (Phi) is 8.36. The molecular formula is C18H35N5O. The molecule has 1 aliphatic heterocycles. The molecule has 24 heavy (non-hydrogen) atoms. The van der Waals surface area contributed by atoms with E-state index in [1.807, 2.05) is 0 Å². The summed E-state index contributed by atoms with van der Waals surface area (Å²) in [7, 11) is 1.78. The molecule has 1 amide bonds. The molecule has 2 fully saturated rings. The molecule has 0 spiro atoms. The van der Waals surface area contributed by atoms with Crippen LogP contribution < -0.4 is 16.0 Å². The van der Waals surface area contributed by atoms with Crippen molar-refractivity contribution >= 4 is 11.9 Å². The van der Waals surface area contributed by atoms with Crippen LogP contribution in [0.5, 0.6) is 0 Å². The fourth-order valence-electron chi connectivity index (χ4n) is 3.82. The van der Waals surface area contributed by atoms with Crippen molar-refractivity contribution in [2.24, 2.45) is 4.99 Å². The zero-order valence-electron chi connectivity index (χ0n) is 15.4. The largest absolute Gasteiger partial charge is 0.356 e. The van der Waals surface area contributed by atoms with Gasteiger partial charge in [-0.1, -0.05) is 26.2 Å². The number of guanidine groups is 1. The smallest absolute Gasteiger partial charge is 0.221 e. The number of amides is 1. The lowest BCUT2D eigenvalue weighted by molar-refractivity contribution is -0.121. The molecule has 1 unspecified atom stereocenters. The minimum Gasteiger partial charge on any atom is -0.356 e. The highest BCUT2D eigenvalue weighted by atomic mass is 16.1. The number of carbonyl (C=O) groups is 1. The summed E-state index contributed by atoms with van der Waals surface area (Å²) in [5, 5.41) is 9.81. The number of aliphatic imine (C=N–C) groups is 1. The molecule has 1 heterocycles. The number of likely N-dealkylation sites (tertiary alicyclic amines) is 1. The maximum absolute atomic E-state index is 12.0. The van der Waals surface area contributed by atoms with E-state index in [2.05, 4.69) is 32.8 Å². The molecule has 1 atom stereocenters. The van der Waals surface area contributed by atoms with E-state index >= 15 is 0 Å². The summed E-state index contributed by atoms with van der Waals surface area (Å²) in [6.45, 7) is 6.08. The molecule has 0 bridgehead atoms. The highest BCUT2D eigenvalue weighted by Crippen LogP contribution is 2.17. The van der Waals surface area contributed by atoms with Crippen LogP contribution in [0.4, 0.5) is 0 Å². The lowest BCUT2D eigenvalue weighted by Gasteiger charge is -2.24. The zero-order valence-corrected chi connectivity index (χ0v) is 15.4. The van der Waals surface area contributed by atoms with Crippen molar-refractivity contribution in [1.29, 1.82) is 0 Å². The van der Waals surface area contributed by atoms with Crippen molar-refractivity contribution < 1.29 is 4.79 Å². The van der Waals surface area contributed by atoms with Crippen LogP contribution in [0.3, 0.4) is 0 Å². The molecule has 0 aromatic carbocycles. The van der Waals surface area contributed by atoms with Crippen molar-refractivity contribution in [1.82, 2.24) is 20.9 Å². The third-order valence-electron chi connectivity index (χ3n) is 5.25. The summed E-state index contributed by atoms with van der Waals surface area (Å²) in [5.74, 6) is 0.946. The lowest BCUT2D eigenvalue weighted by Crippen LogP contribution is -2.45. The van der Waals surface area contributed by atoms with E-state index in [4.69, 9.17) is 0 Å². The Balaban J connectivity index is 1.59. The second-order valence-electron chi connectivity index (χ2n) is 6.96. The summed E-state index contributed by atoms with van der Waals surface area (Å²) in [4.78, 5) is 18.8. The molecular weight excluding hydrogens is 302 g/mol. The van der Waals surface area contributed by atoms with E-state index < -0.39 is 0 Å². The second-order valence-corrected chi connectivity index (χ2v) is 6.96. The van der Waals surface area contributed by atoms with Crippen LogP contribution >= 0.6 is 0 Å². The van der Waals surface area contributed by atoms with Gasteiger partial charge in [0.2, 0.25) is 5.91 Å². The summed E-state index contributed by atoms with van der Waals surface area (Å²) in [6, 6.07) is 0.995. The van der Waals surface area contributed by atoms with Crippen LogP contribution in [0.1, 0.15) is 58.3 Å².